The molecule has 5 nitrogen and oxygen atoms in total. The third-order valence-corrected chi connectivity index (χ3v) is 5.20. The van der Waals surface area contributed by atoms with Gasteiger partial charge in [-0.05, 0) is 55.8 Å². The first-order chi connectivity index (χ1) is 14.6. The molecular weight excluding hydrogens is 376 g/mol. The number of para-hydroxylation sites is 2. The van der Waals surface area contributed by atoms with Gasteiger partial charge in [0.1, 0.15) is 18.2 Å². The Morgan fingerprint density at radius 3 is 2.37 bits per heavy atom. The van der Waals surface area contributed by atoms with E-state index in [4.69, 9.17) is 19.2 Å². The highest BCUT2D eigenvalue weighted by Gasteiger charge is 2.15. The third-order valence-electron chi connectivity index (χ3n) is 5.20. The summed E-state index contributed by atoms with van der Waals surface area (Å²) in [4.78, 5) is 4.88. The Balaban J connectivity index is 1.67. The van der Waals surface area contributed by atoms with Crippen LogP contribution in [0.5, 0.6) is 17.2 Å². The zero-order chi connectivity index (χ0) is 21.1. The van der Waals surface area contributed by atoms with Gasteiger partial charge in [0, 0.05) is 5.56 Å². The number of nitrogens with zero attached hydrogens (tertiary/aromatic N) is 2. The van der Waals surface area contributed by atoms with E-state index in [0.29, 0.717) is 24.7 Å². The Bertz CT molecular complexity index is 1180. The van der Waals surface area contributed by atoms with Gasteiger partial charge >= 0.3 is 0 Å². The van der Waals surface area contributed by atoms with Crippen molar-refractivity contribution in [2.75, 3.05) is 20.8 Å². The molecular formula is C25H26N2O3. The number of methoxy groups -OCH3 is 2. The molecule has 0 atom stereocenters. The number of ether oxygens (including phenoxy) is 3. The van der Waals surface area contributed by atoms with Gasteiger partial charge in [-0.3, -0.25) is 0 Å². The molecule has 0 bridgehead atoms. The van der Waals surface area contributed by atoms with Gasteiger partial charge in [-0.25, -0.2) is 4.98 Å². The van der Waals surface area contributed by atoms with Crippen molar-refractivity contribution in [2.24, 2.45) is 0 Å². The van der Waals surface area contributed by atoms with Crippen LogP contribution in [0.15, 0.2) is 60.7 Å². The van der Waals surface area contributed by atoms with Crippen molar-refractivity contribution < 1.29 is 14.2 Å². The molecule has 0 spiro atoms. The predicted octanol–water partition coefficient (Wildman–Crippen LogP) is 5.42. The molecule has 0 N–H and O–H groups in total. The van der Waals surface area contributed by atoms with Crippen LogP contribution in [0.25, 0.3) is 22.4 Å². The fraction of sp³-hybridized carbons (Fsp3) is 0.240. The van der Waals surface area contributed by atoms with Crippen LogP contribution < -0.4 is 14.2 Å². The first-order valence-electron chi connectivity index (χ1n) is 9.98. The fourth-order valence-corrected chi connectivity index (χ4v) is 3.71. The molecule has 3 aromatic carbocycles. The van der Waals surface area contributed by atoms with Crippen molar-refractivity contribution >= 4 is 11.0 Å². The number of rotatable bonds is 7. The van der Waals surface area contributed by atoms with Gasteiger partial charge in [0.2, 0.25) is 0 Å². The van der Waals surface area contributed by atoms with E-state index in [-0.39, 0.29) is 0 Å². The standard InChI is InChI=1S/C25H26N2O3/c1-17-9-11-22(18(2)15-17)30-14-13-27-21-8-6-5-7-20(21)26-25(27)19-10-12-23(28-3)24(16-19)29-4/h5-12,15-16H,13-14H2,1-4H3. The molecule has 0 radical (unpaired) electrons. The average molecular weight is 402 g/mol. The highest BCUT2D eigenvalue weighted by atomic mass is 16.5. The summed E-state index contributed by atoms with van der Waals surface area (Å²) in [5.41, 5.74) is 5.37. The maximum absolute atomic E-state index is 6.09. The van der Waals surface area contributed by atoms with Gasteiger partial charge in [-0.15, -0.1) is 0 Å². The predicted molar refractivity (Wildman–Crippen MR) is 120 cm³/mol. The van der Waals surface area contributed by atoms with E-state index in [1.54, 1.807) is 14.2 Å². The first-order valence-corrected chi connectivity index (χ1v) is 9.98. The molecule has 0 aliphatic heterocycles. The second-order valence-electron chi connectivity index (χ2n) is 7.26. The summed E-state index contributed by atoms with van der Waals surface area (Å²) in [7, 11) is 3.28. The normalized spacial score (nSPS) is 10.9. The highest BCUT2D eigenvalue weighted by Crippen LogP contribution is 2.33. The monoisotopic (exact) mass is 402 g/mol. The molecule has 1 heterocycles. The quantitative estimate of drug-likeness (QED) is 0.414. The van der Waals surface area contributed by atoms with Gasteiger partial charge in [-0.2, -0.15) is 0 Å². The summed E-state index contributed by atoms with van der Waals surface area (Å²) < 4.78 is 19.2. The summed E-state index contributed by atoms with van der Waals surface area (Å²) in [5, 5.41) is 0. The summed E-state index contributed by atoms with van der Waals surface area (Å²) in [6.07, 6.45) is 0. The summed E-state index contributed by atoms with van der Waals surface area (Å²) in [6, 6.07) is 20.3. The molecule has 0 aliphatic rings. The van der Waals surface area contributed by atoms with Crippen molar-refractivity contribution in [3.8, 4) is 28.6 Å². The maximum atomic E-state index is 6.09. The minimum atomic E-state index is 0.546. The van der Waals surface area contributed by atoms with Crippen molar-refractivity contribution in [3.63, 3.8) is 0 Å². The SMILES string of the molecule is COc1ccc(-c2nc3ccccc3n2CCOc2ccc(C)cc2C)cc1OC. The molecule has 0 unspecified atom stereocenters. The summed E-state index contributed by atoms with van der Waals surface area (Å²) >= 11 is 0. The topological polar surface area (TPSA) is 45.5 Å². The van der Waals surface area contributed by atoms with Gasteiger partial charge in [-0.1, -0.05) is 29.8 Å². The molecule has 0 fully saturated rings. The summed E-state index contributed by atoms with van der Waals surface area (Å²) in [6.45, 7) is 5.38. The lowest BCUT2D eigenvalue weighted by atomic mass is 10.1. The molecule has 30 heavy (non-hydrogen) atoms. The molecule has 5 heteroatoms. The minimum absolute atomic E-state index is 0.546. The number of aryl methyl sites for hydroxylation is 2. The molecule has 4 rings (SSSR count). The highest BCUT2D eigenvalue weighted by molar-refractivity contribution is 5.81. The van der Waals surface area contributed by atoms with Gasteiger partial charge in [0.05, 0.1) is 31.8 Å². The van der Waals surface area contributed by atoms with E-state index in [0.717, 1.165) is 33.7 Å². The van der Waals surface area contributed by atoms with E-state index in [1.807, 2.05) is 42.5 Å². The lowest BCUT2D eigenvalue weighted by molar-refractivity contribution is 0.299. The molecule has 0 saturated carbocycles. The van der Waals surface area contributed by atoms with E-state index in [9.17, 15) is 0 Å². The van der Waals surface area contributed by atoms with Crippen molar-refractivity contribution in [2.45, 2.75) is 20.4 Å². The zero-order valence-corrected chi connectivity index (χ0v) is 17.8. The van der Waals surface area contributed by atoms with Crippen LogP contribution >= 0.6 is 0 Å². The van der Waals surface area contributed by atoms with Gasteiger partial charge in [0.25, 0.3) is 0 Å². The molecule has 4 aromatic rings. The van der Waals surface area contributed by atoms with Crippen LogP contribution in [0.2, 0.25) is 0 Å². The number of benzene rings is 3. The molecule has 154 valence electrons. The smallest absolute Gasteiger partial charge is 0.161 e. The van der Waals surface area contributed by atoms with Crippen LogP contribution in [0.1, 0.15) is 11.1 Å². The number of fused-ring (bicyclic) bond motifs is 1. The zero-order valence-electron chi connectivity index (χ0n) is 17.8. The van der Waals surface area contributed by atoms with E-state index >= 15 is 0 Å². The average Bonchev–Trinajstić information content (AvgIpc) is 3.13. The fourth-order valence-electron chi connectivity index (χ4n) is 3.71. The second kappa shape index (κ2) is 8.49. The minimum Gasteiger partial charge on any atom is -0.493 e. The second-order valence-corrected chi connectivity index (χ2v) is 7.26. The van der Waals surface area contributed by atoms with Crippen LogP contribution in [-0.4, -0.2) is 30.4 Å². The Hall–Kier alpha value is -3.47. The molecule has 0 saturated heterocycles. The van der Waals surface area contributed by atoms with E-state index in [1.165, 1.54) is 5.56 Å². The Kier molecular flexibility index (Phi) is 5.61. The van der Waals surface area contributed by atoms with E-state index in [2.05, 4.69) is 36.6 Å². The van der Waals surface area contributed by atoms with Crippen LogP contribution in [0.4, 0.5) is 0 Å². The molecule has 0 amide bonds. The van der Waals surface area contributed by atoms with Crippen molar-refractivity contribution in [1.82, 2.24) is 9.55 Å². The lowest BCUT2D eigenvalue weighted by Gasteiger charge is -2.14. The van der Waals surface area contributed by atoms with E-state index < -0.39 is 0 Å². The molecule has 0 aliphatic carbocycles. The van der Waals surface area contributed by atoms with Gasteiger partial charge < -0.3 is 18.8 Å². The van der Waals surface area contributed by atoms with Crippen LogP contribution in [0.3, 0.4) is 0 Å². The Morgan fingerprint density at radius 2 is 1.60 bits per heavy atom. The number of hydrogen-bond donors (Lipinski definition) is 0. The first kappa shape index (κ1) is 19.8. The van der Waals surface area contributed by atoms with Crippen LogP contribution in [-0.2, 0) is 6.54 Å². The van der Waals surface area contributed by atoms with Crippen molar-refractivity contribution in [3.05, 3.63) is 71.8 Å². The number of aromatic nitrogens is 2. The number of hydrogen-bond acceptors (Lipinski definition) is 4. The summed E-state index contributed by atoms with van der Waals surface area (Å²) in [5.74, 6) is 3.17. The number of imidazole rings is 1. The van der Waals surface area contributed by atoms with Crippen LogP contribution in [0, 0.1) is 13.8 Å². The van der Waals surface area contributed by atoms with Crippen molar-refractivity contribution in [1.29, 1.82) is 0 Å². The molecule has 1 aromatic heterocycles. The lowest BCUT2D eigenvalue weighted by Crippen LogP contribution is -2.10. The Morgan fingerprint density at radius 1 is 0.833 bits per heavy atom. The third kappa shape index (κ3) is 3.83. The maximum Gasteiger partial charge on any atom is 0.161 e. The largest absolute Gasteiger partial charge is 0.493 e. The van der Waals surface area contributed by atoms with Gasteiger partial charge in [0.15, 0.2) is 11.5 Å². The Labute approximate surface area is 176 Å².